The van der Waals surface area contributed by atoms with Crippen molar-refractivity contribution in [3.05, 3.63) is 65.7 Å². The summed E-state index contributed by atoms with van der Waals surface area (Å²) in [6.45, 7) is 0.183. The third-order valence-corrected chi connectivity index (χ3v) is 5.98. The Balaban J connectivity index is 1.63. The minimum Gasteiger partial charge on any atom is -0.497 e. The highest BCUT2D eigenvalue weighted by Crippen LogP contribution is 2.37. The number of benzene rings is 2. The molecule has 0 unspecified atom stereocenters. The topological polar surface area (TPSA) is 102 Å². The van der Waals surface area contributed by atoms with Crippen LogP contribution in [0, 0.1) is 0 Å². The van der Waals surface area contributed by atoms with E-state index in [2.05, 4.69) is 4.99 Å². The fourth-order valence-electron chi connectivity index (χ4n) is 3.87. The minimum atomic E-state index is -3.84. The van der Waals surface area contributed by atoms with Crippen molar-refractivity contribution in [2.45, 2.75) is 36.9 Å². The van der Waals surface area contributed by atoms with E-state index >= 15 is 0 Å². The Bertz CT molecular complexity index is 1040. The summed E-state index contributed by atoms with van der Waals surface area (Å²) in [5, 5.41) is 0. The van der Waals surface area contributed by atoms with Gasteiger partial charge >= 0.3 is 0 Å². The van der Waals surface area contributed by atoms with Gasteiger partial charge in [0.25, 0.3) is 10.1 Å². The Kier molecular flexibility index (Phi) is 7.42. The first-order valence-electron chi connectivity index (χ1n) is 10.4. The van der Waals surface area contributed by atoms with Gasteiger partial charge in [-0.15, -0.1) is 0 Å². The Hall–Kier alpha value is -2.34. The zero-order chi connectivity index (χ0) is 23.4. The second-order valence-electron chi connectivity index (χ2n) is 7.76. The number of hydrogen-bond donors (Lipinski definition) is 0. The standard InChI is InChI=1S/C23H27NO8S/c1-27-17-11-9-15(10-12-17)13-24-19-21(32-33(3,25)26)20-18(30-23(19)28-2)14-29-22(31-20)16-7-5-4-6-8-16/h4-13,18-23H,14H2,1-3H3/t18-,19+,20+,21+,22-,23-/m1/s1. The number of hydrogen-bond acceptors (Lipinski definition) is 9. The van der Waals surface area contributed by atoms with Gasteiger partial charge < -0.3 is 23.7 Å². The van der Waals surface area contributed by atoms with Crippen LogP contribution in [0.1, 0.15) is 17.4 Å². The Morgan fingerprint density at radius 1 is 1.03 bits per heavy atom. The predicted molar refractivity (Wildman–Crippen MR) is 120 cm³/mol. The number of methoxy groups -OCH3 is 2. The molecule has 0 radical (unpaired) electrons. The smallest absolute Gasteiger partial charge is 0.264 e. The Morgan fingerprint density at radius 3 is 2.39 bits per heavy atom. The van der Waals surface area contributed by atoms with E-state index in [0.717, 1.165) is 17.4 Å². The van der Waals surface area contributed by atoms with Crippen LogP contribution in [0.25, 0.3) is 0 Å². The normalized spacial score (nSPS) is 30.2. The maximum atomic E-state index is 12.2. The summed E-state index contributed by atoms with van der Waals surface area (Å²) in [6, 6.07) is 15.9. The highest BCUT2D eigenvalue weighted by Gasteiger charge is 2.52. The van der Waals surface area contributed by atoms with Crippen LogP contribution in [0.15, 0.2) is 59.6 Å². The van der Waals surface area contributed by atoms with E-state index in [1.54, 1.807) is 25.5 Å². The van der Waals surface area contributed by atoms with Gasteiger partial charge in [-0.25, -0.2) is 0 Å². The average molecular weight is 478 g/mol. The lowest BCUT2D eigenvalue weighted by Crippen LogP contribution is -2.62. The molecule has 0 bridgehead atoms. The summed E-state index contributed by atoms with van der Waals surface area (Å²) in [5.74, 6) is 0.714. The van der Waals surface area contributed by atoms with Crippen LogP contribution in [0.3, 0.4) is 0 Å². The molecular weight excluding hydrogens is 450 g/mol. The summed E-state index contributed by atoms with van der Waals surface area (Å²) in [4.78, 5) is 4.59. The number of ether oxygens (including phenoxy) is 5. The second kappa shape index (κ2) is 10.3. The fourth-order valence-corrected chi connectivity index (χ4v) is 4.49. The monoisotopic (exact) mass is 477 g/mol. The van der Waals surface area contributed by atoms with Gasteiger partial charge in [-0.05, 0) is 29.8 Å². The van der Waals surface area contributed by atoms with Gasteiger partial charge in [-0.3, -0.25) is 9.18 Å². The number of fused-ring (bicyclic) bond motifs is 1. The molecule has 0 saturated carbocycles. The molecule has 0 aliphatic carbocycles. The largest absolute Gasteiger partial charge is 0.497 e. The van der Waals surface area contributed by atoms with Gasteiger partial charge in [-0.2, -0.15) is 8.42 Å². The molecule has 2 heterocycles. The van der Waals surface area contributed by atoms with Gasteiger partial charge in [0, 0.05) is 18.9 Å². The molecule has 2 aliphatic rings. The van der Waals surface area contributed by atoms with Crippen molar-refractivity contribution < 1.29 is 36.3 Å². The molecule has 0 amide bonds. The van der Waals surface area contributed by atoms with Crippen molar-refractivity contribution in [2.24, 2.45) is 4.99 Å². The molecule has 178 valence electrons. The van der Waals surface area contributed by atoms with Gasteiger partial charge in [0.05, 0.1) is 20.0 Å². The van der Waals surface area contributed by atoms with Crippen molar-refractivity contribution in [1.82, 2.24) is 0 Å². The first kappa shape index (κ1) is 23.8. The molecule has 0 N–H and O–H groups in total. The number of aliphatic imine (C=N–C) groups is 1. The first-order chi connectivity index (χ1) is 15.9. The van der Waals surface area contributed by atoms with E-state index in [1.165, 1.54) is 7.11 Å². The van der Waals surface area contributed by atoms with Crippen molar-refractivity contribution in [3.63, 3.8) is 0 Å². The second-order valence-corrected chi connectivity index (χ2v) is 9.36. The molecule has 2 aromatic carbocycles. The van der Waals surface area contributed by atoms with E-state index < -0.39 is 47.1 Å². The lowest BCUT2D eigenvalue weighted by molar-refractivity contribution is -0.335. The van der Waals surface area contributed by atoms with E-state index in [4.69, 9.17) is 27.9 Å². The molecule has 2 aliphatic heterocycles. The average Bonchev–Trinajstić information content (AvgIpc) is 2.83. The summed E-state index contributed by atoms with van der Waals surface area (Å²) in [7, 11) is -0.778. The molecule has 4 rings (SSSR count). The minimum absolute atomic E-state index is 0.183. The third-order valence-electron chi connectivity index (χ3n) is 5.41. The van der Waals surface area contributed by atoms with Crippen LogP contribution >= 0.6 is 0 Å². The summed E-state index contributed by atoms with van der Waals surface area (Å²) < 4.78 is 58.5. The number of rotatable bonds is 7. The van der Waals surface area contributed by atoms with Crippen molar-refractivity contribution in [3.8, 4) is 5.75 Å². The first-order valence-corrected chi connectivity index (χ1v) is 12.3. The van der Waals surface area contributed by atoms with Crippen LogP contribution in [-0.2, 0) is 33.2 Å². The van der Waals surface area contributed by atoms with Crippen LogP contribution < -0.4 is 4.74 Å². The zero-order valence-corrected chi connectivity index (χ0v) is 19.4. The lowest BCUT2D eigenvalue weighted by Gasteiger charge is -2.47. The van der Waals surface area contributed by atoms with Crippen LogP contribution in [-0.4, -0.2) is 72.4 Å². The van der Waals surface area contributed by atoms with Crippen molar-refractivity contribution in [2.75, 3.05) is 27.1 Å². The van der Waals surface area contributed by atoms with E-state index in [9.17, 15) is 8.42 Å². The molecule has 0 aromatic heterocycles. The zero-order valence-electron chi connectivity index (χ0n) is 18.6. The molecule has 6 atom stereocenters. The van der Waals surface area contributed by atoms with Crippen LogP contribution in [0.4, 0.5) is 0 Å². The Labute approximate surface area is 193 Å². The lowest BCUT2D eigenvalue weighted by atomic mass is 9.96. The van der Waals surface area contributed by atoms with Crippen LogP contribution in [0.5, 0.6) is 5.75 Å². The molecule has 9 nitrogen and oxygen atoms in total. The highest BCUT2D eigenvalue weighted by atomic mass is 32.2. The van der Waals surface area contributed by atoms with Crippen molar-refractivity contribution in [1.29, 1.82) is 0 Å². The fraction of sp³-hybridized carbons (Fsp3) is 0.435. The van der Waals surface area contributed by atoms with Gasteiger partial charge in [0.15, 0.2) is 12.6 Å². The van der Waals surface area contributed by atoms with E-state index in [0.29, 0.717) is 5.75 Å². The highest BCUT2D eigenvalue weighted by molar-refractivity contribution is 7.86. The maximum absolute atomic E-state index is 12.2. The predicted octanol–water partition coefficient (Wildman–Crippen LogP) is 2.31. The maximum Gasteiger partial charge on any atom is 0.264 e. The van der Waals surface area contributed by atoms with Gasteiger partial charge in [0.2, 0.25) is 0 Å². The van der Waals surface area contributed by atoms with E-state index in [1.807, 2.05) is 42.5 Å². The van der Waals surface area contributed by atoms with E-state index in [-0.39, 0.29) is 6.61 Å². The molecule has 33 heavy (non-hydrogen) atoms. The number of nitrogens with zero attached hydrogens (tertiary/aromatic N) is 1. The van der Waals surface area contributed by atoms with Gasteiger partial charge in [-0.1, -0.05) is 30.3 Å². The van der Waals surface area contributed by atoms with Gasteiger partial charge in [0.1, 0.15) is 30.1 Å². The quantitative estimate of drug-likeness (QED) is 0.442. The van der Waals surface area contributed by atoms with Crippen molar-refractivity contribution >= 4 is 16.3 Å². The molecule has 2 aromatic rings. The van der Waals surface area contributed by atoms with Crippen LogP contribution in [0.2, 0.25) is 0 Å². The molecule has 10 heteroatoms. The summed E-state index contributed by atoms with van der Waals surface area (Å²) in [6.07, 6.45) is -1.24. The summed E-state index contributed by atoms with van der Waals surface area (Å²) in [5.41, 5.74) is 1.60. The molecule has 0 spiro atoms. The molecule has 2 saturated heterocycles. The SMILES string of the molecule is COc1ccc(C=N[C@@H]2[C@H](OC)O[C@@H]3CO[C@@H](c4ccccc4)O[C@@H]3[C@H]2OS(C)(=O)=O)cc1. The Morgan fingerprint density at radius 2 is 1.76 bits per heavy atom. The molecule has 2 fully saturated rings. The summed E-state index contributed by atoms with van der Waals surface area (Å²) >= 11 is 0. The molecular formula is C23H27NO8S. The third kappa shape index (κ3) is 5.78.